The Hall–Kier alpha value is -6.27. The van der Waals surface area contributed by atoms with Crippen molar-refractivity contribution in [2.75, 3.05) is 80.7 Å². The number of piperazine rings is 1. The van der Waals surface area contributed by atoms with Crippen molar-refractivity contribution < 1.29 is 54.0 Å². The summed E-state index contributed by atoms with van der Waals surface area (Å²) >= 11 is 1.38. The summed E-state index contributed by atoms with van der Waals surface area (Å²) in [6.45, 7) is 12.6. The topological polar surface area (TPSA) is 215 Å². The van der Waals surface area contributed by atoms with E-state index in [9.17, 15) is 54.0 Å². The van der Waals surface area contributed by atoms with Gasteiger partial charge in [-0.15, -0.1) is 11.8 Å². The summed E-state index contributed by atoms with van der Waals surface area (Å²) < 4.78 is 99.6. The van der Waals surface area contributed by atoms with Crippen LogP contribution in [0.2, 0.25) is 0 Å². The first-order valence-electron chi connectivity index (χ1n) is 28.8. The summed E-state index contributed by atoms with van der Waals surface area (Å²) in [6.07, 6.45) is 9.66. The summed E-state index contributed by atoms with van der Waals surface area (Å²) in [5, 5.41) is 8.39. The number of thioether (sulfide) groups is 1. The van der Waals surface area contributed by atoms with Crippen LogP contribution >= 0.6 is 11.8 Å². The van der Waals surface area contributed by atoms with Gasteiger partial charge in [0.25, 0.3) is 37.6 Å². The van der Waals surface area contributed by atoms with E-state index in [0.717, 1.165) is 66.8 Å². The molecule has 0 spiro atoms. The van der Waals surface area contributed by atoms with Gasteiger partial charge in [-0.05, 0) is 161 Å². The van der Waals surface area contributed by atoms with Crippen LogP contribution in [0.25, 0.3) is 0 Å². The van der Waals surface area contributed by atoms with Gasteiger partial charge in [0.1, 0.15) is 10.9 Å². The molecule has 3 saturated carbocycles. The van der Waals surface area contributed by atoms with Gasteiger partial charge in [-0.25, -0.2) is 21.6 Å². The molecule has 450 valence electrons. The van der Waals surface area contributed by atoms with E-state index in [1.807, 2.05) is 47.0 Å². The molecule has 0 aromatic heterocycles. The van der Waals surface area contributed by atoms with Gasteiger partial charge in [0.05, 0.1) is 21.7 Å². The van der Waals surface area contributed by atoms with Crippen molar-refractivity contribution in [3.8, 4) is 0 Å². The van der Waals surface area contributed by atoms with Crippen molar-refractivity contribution in [2.45, 2.75) is 124 Å². The minimum Gasteiger partial charge on any atom is -0.384 e. The number of benzene rings is 4. The van der Waals surface area contributed by atoms with Crippen LogP contribution in [0.1, 0.15) is 122 Å². The molecule has 3 heterocycles. The molecule has 5 fully saturated rings. The lowest BCUT2D eigenvalue weighted by Crippen LogP contribution is -2.63. The Bertz CT molecular complexity index is 3460. The molecule has 0 radical (unpaired) electrons. The van der Waals surface area contributed by atoms with E-state index < -0.39 is 82.5 Å². The standard InChI is InChI=1S/C61H73F3N8O9S3/c1-5-59-37-60(38-59,39-59)47-34-58(2,3)25-23-41(47)35-70-29-31-71(32-30-70)43-17-15-40(16-18-43)54(74)68-84(80,81)45-19-20-48(51(33-45)83(78,79)61(62,63)64)66-42(36-82-44-11-7-6-8-12-44)24-28-69(4)27-10-26-65-49-14-9-13-46-53(49)57(77)72(56(46)76)50-21-22-52(73)67-55(50)75/h6-9,11-20,33,42,50,65-66H,5,10,21-32,34-39H2,1-4H3,(H,68,74)(H,67,73,75)/t42-,50?,59?,60?/m1/s1. The molecular formula is C61H73F3N8O9S3. The average molecular weight is 1220 g/mol. The maximum Gasteiger partial charge on any atom is 0.501 e. The zero-order valence-corrected chi connectivity index (χ0v) is 50.2. The van der Waals surface area contributed by atoms with Crippen LogP contribution < -0.4 is 25.6 Å². The number of sulfonamides is 1. The molecule has 2 bridgehead atoms. The molecule has 4 aromatic rings. The highest BCUT2D eigenvalue weighted by atomic mass is 32.2. The highest BCUT2D eigenvalue weighted by molar-refractivity contribution is 7.99. The van der Waals surface area contributed by atoms with Crippen LogP contribution in [0, 0.1) is 16.2 Å². The van der Waals surface area contributed by atoms with Crippen LogP contribution in [0.15, 0.2) is 117 Å². The Morgan fingerprint density at radius 3 is 2.25 bits per heavy atom. The molecule has 3 aliphatic heterocycles. The minimum atomic E-state index is -6.16. The fraction of sp³-hybridized carbons (Fsp3) is 0.492. The Balaban J connectivity index is 0.762. The van der Waals surface area contributed by atoms with E-state index in [2.05, 4.69) is 46.5 Å². The molecule has 2 saturated heterocycles. The first kappa shape index (κ1) is 60.8. The molecule has 7 aliphatic rings. The number of piperidine rings is 1. The Kier molecular flexibility index (Phi) is 17.3. The van der Waals surface area contributed by atoms with E-state index >= 15 is 0 Å². The van der Waals surface area contributed by atoms with E-state index in [1.54, 1.807) is 35.4 Å². The lowest BCUT2D eigenvalue weighted by molar-refractivity contribution is -0.182. The highest BCUT2D eigenvalue weighted by Crippen LogP contribution is 2.79. The molecule has 5 amide bonds. The number of fused-ring (bicyclic) bond motifs is 1. The van der Waals surface area contributed by atoms with Crippen molar-refractivity contribution in [2.24, 2.45) is 16.2 Å². The average Bonchev–Trinajstić information content (AvgIpc) is 0.805. The molecule has 1 unspecified atom stereocenters. The third-order valence-electron chi connectivity index (χ3n) is 18.0. The zero-order chi connectivity index (χ0) is 60.0. The lowest BCUT2D eigenvalue weighted by atomic mass is 9.31. The number of nitrogens with zero attached hydrogens (tertiary/aromatic N) is 4. The van der Waals surface area contributed by atoms with Crippen molar-refractivity contribution in [1.29, 1.82) is 0 Å². The first-order chi connectivity index (χ1) is 39.8. The molecule has 17 nitrogen and oxygen atoms in total. The second kappa shape index (κ2) is 23.9. The summed E-state index contributed by atoms with van der Waals surface area (Å²) in [5.74, 6) is -3.26. The zero-order valence-electron chi connectivity index (χ0n) is 47.8. The quantitative estimate of drug-likeness (QED) is 0.0236. The van der Waals surface area contributed by atoms with Crippen LogP contribution in [0.4, 0.5) is 30.2 Å². The number of amides is 5. The number of rotatable bonds is 23. The van der Waals surface area contributed by atoms with Gasteiger partial charge in [0.15, 0.2) is 0 Å². The fourth-order valence-electron chi connectivity index (χ4n) is 13.2. The predicted octanol–water partition coefficient (Wildman–Crippen LogP) is 9.11. The first-order valence-corrected chi connectivity index (χ1v) is 32.8. The third kappa shape index (κ3) is 12.7. The van der Waals surface area contributed by atoms with Crippen molar-refractivity contribution in [3.63, 3.8) is 0 Å². The molecule has 4 aliphatic carbocycles. The number of nitrogens with one attached hydrogen (secondary N) is 4. The largest absolute Gasteiger partial charge is 0.501 e. The summed E-state index contributed by atoms with van der Waals surface area (Å²) in [4.78, 5) is 71.0. The number of hydrogen-bond donors (Lipinski definition) is 4. The molecule has 84 heavy (non-hydrogen) atoms. The van der Waals surface area contributed by atoms with Gasteiger partial charge in [0.2, 0.25) is 11.8 Å². The van der Waals surface area contributed by atoms with Crippen molar-refractivity contribution in [3.05, 3.63) is 119 Å². The Morgan fingerprint density at radius 2 is 1.57 bits per heavy atom. The van der Waals surface area contributed by atoms with Crippen LogP contribution in [-0.2, 0) is 29.4 Å². The highest BCUT2D eigenvalue weighted by Gasteiger charge is 2.68. The smallest absolute Gasteiger partial charge is 0.384 e. The summed E-state index contributed by atoms with van der Waals surface area (Å²) in [7, 11) is -9.25. The number of halogens is 3. The summed E-state index contributed by atoms with van der Waals surface area (Å²) in [6, 6.07) is 21.0. The van der Waals surface area contributed by atoms with Gasteiger partial charge in [-0.1, -0.05) is 62.6 Å². The fourth-order valence-corrected chi connectivity index (χ4v) is 16.3. The van der Waals surface area contributed by atoms with E-state index in [4.69, 9.17) is 0 Å². The normalized spacial score (nSPS) is 23.0. The second-order valence-corrected chi connectivity index (χ2v) is 29.1. The number of anilines is 3. The third-order valence-corrected chi connectivity index (χ3v) is 22.0. The van der Waals surface area contributed by atoms with Crippen molar-refractivity contribution in [1.82, 2.24) is 24.7 Å². The molecule has 23 heteroatoms. The lowest BCUT2D eigenvalue weighted by Gasteiger charge is -2.73. The summed E-state index contributed by atoms with van der Waals surface area (Å²) in [5.41, 5.74) is -0.100. The van der Waals surface area contributed by atoms with Crippen LogP contribution in [0.3, 0.4) is 0 Å². The maximum absolute atomic E-state index is 14.5. The Morgan fingerprint density at radius 1 is 0.857 bits per heavy atom. The van der Waals surface area contributed by atoms with E-state index in [1.165, 1.54) is 68.5 Å². The van der Waals surface area contributed by atoms with Crippen molar-refractivity contribution >= 4 is 78.2 Å². The maximum atomic E-state index is 14.5. The molecule has 4 aromatic carbocycles. The molecule has 2 atom stereocenters. The number of allylic oxidation sites excluding steroid dienone is 1. The molecule has 11 rings (SSSR count). The number of hydrogen-bond acceptors (Lipinski definition) is 15. The number of imide groups is 2. The second-order valence-electron chi connectivity index (χ2n) is 24.5. The Labute approximate surface area is 493 Å². The minimum absolute atomic E-state index is 0.0119. The van der Waals surface area contributed by atoms with Crippen LogP contribution in [0.5, 0.6) is 0 Å². The van der Waals surface area contributed by atoms with Crippen LogP contribution in [-0.4, -0.2) is 144 Å². The number of carbonyl (C=O) groups excluding carboxylic acids is 5. The van der Waals surface area contributed by atoms with Gasteiger partial charge in [-0.2, -0.15) is 13.2 Å². The molecule has 4 N–H and O–H groups in total. The van der Waals surface area contributed by atoms with E-state index in [-0.39, 0.29) is 41.7 Å². The van der Waals surface area contributed by atoms with Gasteiger partial charge < -0.3 is 20.4 Å². The molecular weight excluding hydrogens is 1140 g/mol. The number of carbonyl (C=O) groups is 5. The monoisotopic (exact) mass is 1210 g/mol. The van der Waals surface area contributed by atoms with Gasteiger partial charge in [-0.3, -0.25) is 39.1 Å². The SMILES string of the molecule is CCC12CC(C3=C(CN4CCN(c5ccc(C(=O)NS(=O)(=O)c6ccc(N[C@H](CCN(C)CCCNc7cccc8c7C(=O)N(C7CCC(=O)NC7=O)C8=O)CSc7ccccc7)c(S(=O)(=O)C(F)(F)F)c6)cc5)CC4)CCC(C)(C)C3)(C1)C2. The number of alkyl halides is 3. The number of sulfone groups is 1. The predicted molar refractivity (Wildman–Crippen MR) is 316 cm³/mol. The van der Waals surface area contributed by atoms with E-state index in [0.29, 0.717) is 54.1 Å². The van der Waals surface area contributed by atoms with Gasteiger partial charge >= 0.3 is 5.51 Å². The van der Waals surface area contributed by atoms with Gasteiger partial charge in [0, 0.05) is 79.3 Å².